The number of nitrogens with one attached hydrogen (secondary N) is 2. The van der Waals surface area contributed by atoms with Crippen molar-refractivity contribution in [3.8, 4) is 11.3 Å². The first-order valence-electron chi connectivity index (χ1n) is 13.2. The lowest BCUT2D eigenvalue weighted by molar-refractivity contribution is -0.155. The average molecular weight is 566 g/mol. The maximum Gasteiger partial charge on any atom is 0.416 e. The van der Waals surface area contributed by atoms with Crippen molar-refractivity contribution in [2.24, 2.45) is 5.92 Å². The number of esters is 1. The average Bonchev–Trinajstić information content (AvgIpc) is 2.77. The van der Waals surface area contributed by atoms with Crippen LogP contribution in [0.25, 0.3) is 11.3 Å². The second kappa shape index (κ2) is 11.2. The van der Waals surface area contributed by atoms with Gasteiger partial charge in [-0.25, -0.2) is 4.79 Å². The molecular formula is C29H38F3N3O5. The van der Waals surface area contributed by atoms with E-state index in [0.717, 1.165) is 23.1 Å². The summed E-state index contributed by atoms with van der Waals surface area (Å²) in [6, 6.07) is 4.65. The van der Waals surface area contributed by atoms with Crippen LogP contribution in [0.4, 0.5) is 29.3 Å². The molecule has 0 aliphatic carbocycles. The van der Waals surface area contributed by atoms with E-state index in [1.165, 1.54) is 6.07 Å². The Morgan fingerprint density at radius 1 is 1.02 bits per heavy atom. The molecule has 0 fully saturated rings. The summed E-state index contributed by atoms with van der Waals surface area (Å²) < 4.78 is 53.6. The Balaban J connectivity index is 2.20. The third-order valence-electron chi connectivity index (χ3n) is 6.15. The number of benzene rings is 1. The van der Waals surface area contributed by atoms with Crippen molar-refractivity contribution < 1.29 is 32.2 Å². The van der Waals surface area contributed by atoms with Gasteiger partial charge in [0.05, 0.1) is 11.3 Å². The molecule has 8 nitrogen and oxygen atoms in total. The van der Waals surface area contributed by atoms with Crippen molar-refractivity contribution in [2.75, 3.05) is 10.6 Å². The van der Waals surface area contributed by atoms with Crippen molar-refractivity contribution in [3.63, 3.8) is 0 Å². The molecule has 0 saturated carbocycles. The highest BCUT2D eigenvalue weighted by Crippen LogP contribution is 2.36. The molecule has 1 atom stereocenters. The number of carbonyl (C=O) groups is 2. The topological polar surface area (TPSA) is 98.7 Å². The van der Waals surface area contributed by atoms with Crippen LogP contribution in [0.2, 0.25) is 0 Å². The number of pyridine rings is 1. The number of aryl methyl sites for hydroxylation is 1. The summed E-state index contributed by atoms with van der Waals surface area (Å²) in [6.07, 6.45) is -4.42. The number of ether oxygens (including phenoxy) is 2. The molecule has 11 heteroatoms. The van der Waals surface area contributed by atoms with Gasteiger partial charge in [0.1, 0.15) is 23.4 Å². The predicted octanol–water partition coefficient (Wildman–Crippen LogP) is 6.61. The van der Waals surface area contributed by atoms with Crippen molar-refractivity contribution in [2.45, 2.75) is 98.2 Å². The number of halogens is 3. The van der Waals surface area contributed by atoms with Gasteiger partial charge in [0.25, 0.3) is 5.56 Å². The van der Waals surface area contributed by atoms with E-state index < -0.39 is 47.1 Å². The number of nitrogens with zero attached hydrogens (tertiary/aromatic N) is 1. The van der Waals surface area contributed by atoms with Crippen LogP contribution in [0.15, 0.2) is 29.1 Å². The molecule has 1 aromatic carbocycles. The lowest BCUT2D eigenvalue weighted by atomic mass is 9.91. The van der Waals surface area contributed by atoms with E-state index in [1.54, 1.807) is 47.6 Å². The third-order valence-corrected chi connectivity index (χ3v) is 6.15. The normalized spacial score (nSPS) is 15.8. The molecule has 1 aromatic heterocycles. The standard InChI is InChI=1S/C29H38F3N3O5/c1-16(2)21-10-9-17-13-22(35(25(37)24(17)34-21)15-23(36)39-27(3,4)5)18-11-19(29(30,31)32)14-20(12-18)33-26(38)40-28(6,7)8/h11-14,16,21,34H,9-10,15H2,1-8H3,(H,33,38). The number of anilines is 2. The highest BCUT2D eigenvalue weighted by atomic mass is 19.4. The highest BCUT2D eigenvalue weighted by molar-refractivity contribution is 5.86. The number of aromatic nitrogens is 1. The van der Waals surface area contributed by atoms with Crippen LogP contribution in [0.3, 0.4) is 0 Å². The van der Waals surface area contributed by atoms with Crippen LogP contribution in [0.5, 0.6) is 0 Å². The van der Waals surface area contributed by atoms with Gasteiger partial charge < -0.3 is 14.8 Å². The van der Waals surface area contributed by atoms with Gasteiger partial charge in [-0.3, -0.25) is 19.5 Å². The first kappa shape index (κ1) is 31.0. The van der Waals surface area contributed by atoms with Crippen LogP contribution < -0.4 is 16.2 Å². The quantitative estimate of drug-likeness (QED) is 0.396. The first-order chi connectivity index (χ1) is 18.2. The molecule has 0 bridgehead atoms. The van der Waals surface area contributed by atoms with E-state index in [9.17, 15) is 27.6 Å². The van der Waals surface area contributed by atoms with Gasteiger partial charge in [-0.1, -0.05) is 13.8 Å². The number of rotatable bonds is 5. The lowest BCUT2D eigenvalue weighted by Crippen LogP contribution is -2.38. The Morgan fingerprint density at radius 3 is 2.20 bits per heavy atom. The van der Waals surface area contributed by atoms with Gasteiger partial charge in [0.2, 0.25) is 0 Å². The van der Waals surface area contributed by atoms with E-state index >= 15 is 0 Å². The monoisotopic (exact) mass is 565 g/mol. The summed E-state index contributed by atoms with van der Waals surface area (Å²) in [5, 5.41) is 5.62. The van der Waals surface area contributed by atoms with Crippen LogP contribution in [0, 0.1) is 5.92 Å². The fraction of sp³-hybridized carbons (Fsp3) is 0.552. The molecule has 220 valence electrons. The summed E-state index contributed by atoms with van der Waals surface area (Å²) in [5.41, 5.74) is -2.42. The fourth-order valence-corrected chi connectivity index (χ4v) is 4.45. The van der Waals surface area contributed by atoms with Crippen LogP contribution in [-0.4, -0.2) is 33.9 Å². The summed E-state index contributed by atoms with van der Waals surface area (Å²) in [4.78, 5) is 39.0. The zero-order valence-electron chi connectivity index (χ0n) is 24.2. The number of carbonyl (C=O) groups excluding carboxylic acids is 2. The minimum Gasteiger partial charge on any atom is -0.459 e. The fourth-order valence-electron chi connectivity index (χ4n) is 4.45. The van der Waals surface area contributed by atoms with E-state index in [0.29, 0.717) is 17.7 Å². The van der Waals surface area contributed by atoms with Gasteiger partial charge >= 0.3 is 18.2 Å². The Hall–Kier alpha value is -3.50. The molecule has 0 spiro atoms. The molecule has 2 N–H and O–H groups in total. The Bertz CT molecular complexity index is 1330. The Labute approximate surface area is 232 Å². The van der Waals surface area contributed by atoms with Crippen molar-refractivity contribution in [1.29, 1.82) is 0 Å². The number of amides is 1. The van der Waals surface area contributed by atoms with Crippen molar-refractivity contribution in [3.05, 3.63) is 45.7 Å². The molecule has 0 saturated heterocycles. The largest absolute Gasteiger partial charge is 0.459 e. The summed E-state index contributed by atoms with van der Waals surface area (Å²) in [7, 11) is 0. The van der Waals surface area contributed by atoms with E-state index in [1.807, 2.05) is 13.8 Å². The smallest absolute Gasteiger partial charge is 0.416 e. The summed E-state index contributed by atoms with van der Waals surface area (Å²) in [5.74, 6) is -0.484. The maximum atomic E-state index is 13.9. The minimum atomic E-state index is -4.75. The van der Waals surface area contributed by atoms with E-state index in [-0.39, 0.29) is 28.9 Å². The lowest BCUT2D eigenvalue weighted by Gasteiger charge is -2.31. The molecule has 3 rings (SSSR count). The van der Waals surface area contributed by atoms with Gasteiger partial charge in [0.15, 0.2) is 0 Å². The molecule has 2 aromatic rings. The molecule has 1 unspecified atom stereocenters. The van der Waals surface area contributed by atoms with E-state index in [4.69, 9.17) is 9.47 Å². The molecule has 1 aliphatic heterocycles. The van der Waals surface area contributed by atoms with Gasteiger partial charge in [0, 0.05) is 17.3 Å². The second-order valence-corrected chi connectivity index (χ2v) is 12.4. The number of alkyl halides is 3. The number of fused-ring (bicyclic) bond motifs is 1. The number of hydrogen-bond acceptors (Lipinski definition) is 6. The molecule has 40 heavy (non-hydrogen) atoms. The Morgan fingerprint density at radius 2 is 1.65 bits per heavy atom. The predicted molar refractivity (Wildman–Crippen MR) is 147 cm³/mol. The zero-order valence-corrected chi connectivity index (χ0v) is 24.2. The molecule has 2 heterocycles. The van der Waals surface area contributed by atoms with Gasteiger partial charge in [-0.15, -0.1) is 0 Å². The molecule has 0 radical (unpaired) electrons. The molecular weight excluding hydrogens is 527 g/mol. The summed E-state index contributed by atoms with van der Waals surface area (Å²) >= 11 is 0. The third kappa shape index (κ3) is 8.02. The first-order valence-corrected chi connectivity index (χ1v) is 13.2. The maximum absolute atomic E-state index is 13.9. The second-order valence-electron chi connectivity index (χ2n) is 12.4. The summed E-state index contributed by atoms with van der Waals surface area (Å²) in [6.45, 7) is 13.5. The zero-order chi connectivity index (χ0) is 30.2. The van der Waals surface area contributed by atoms with Crippen LogP contribution in [-0.2, 0) is 33.4 Å². The molecule has 1 aliphatic rings. The van der Waals surface area contributed by atoms with Gasteiger partial charge in [-0.2, -0.15) is 13.2 Å². The SMILES string of the molecule is CC(C)C1CCc2cc(-c3cc(NC(=O)OC(C)(C)C)cc(C(F)(F)F)c3)n(CC(=O)OC(C)(C)C)c(=O)c2N1. The van der Waals surface area contributed by atoms with E-state index in [2.05, 4.69) is 10.6 Å². The van der Waals surface area contributed by atoms with Crippen LogP contribution >= 0.6 is 0 Å². The van der Waals surface area contributed by atoms with Crippen molar-refractivity contribution in [1.82, 2.24) is 4.57 Å². The van der Waals surface area contributed by atoms with Gasteiger partial charge in [-0.05, 0) is 90.1 Å². The molecule has 1 amide bonds. The minimum absolute atomic E-state index is 0.00433. The Kier molecular flexibility index (Phi) is 8.67. The highest BCUT2D eigenvalue weighted by Gasteiger charge is 2.33. The number of hydrogen-bond donors (Lipinski definition) is 2. The van der Waals surface area contributed by atoms with Crippen LogP contribution in [0.1, 0.15) is 72.9 Å². The van der Waals surface area contributed by atoms with Crippen molar-refractivity contribution >= 4 is 23.4 Å².